The number of carboxylic acids is 1. The first-order valence-corrected chi connectivity index (χ1v) is 12.2. The minimum Gasteiger partial charge on any atom is -0.507 e. The van der Waals surface area contributed by atoms with Gasteiger partial charge < -0.3 is 30.9 Å². The number of amides is 3. The Balaban J connectivity index is 2.05. The van der Waals surface area contributed by atoms with E-state index in [2.05, 4.69) is 16.0 Å². The summed E-state index contributed by atoms with van der Waals surface area (Å²) in [5.41, 5.74) is 1.84. The molecular weight excluding hydrogens is 466 g/mol. The fourth-order valence-corrected chi connectivity index (χ4v) is 4.27. The van der Waals surface area contributed by atoms with Crippen LogP contribution in [0.1, 0.15) is 63.3 Å². The molecule has 1 aliphatic heterocycles. The topological polar surface area (TPSA) is 154 Å². The maximum atomic E-state index is 13.0. The van der Waals surface area contributed by atoms with E-state index in [0.29, 0.717) is 24.2 Å². The highest BCUT2D eigenvalue weighted by molar-refractivity contribution is 5.93. The monoisotopic (exact) mass is 505 g/mol. The van der Waals surface area contributed by atoms with Crippen molar-refractivity contribution >= 4 is 23.7 Å². The van der Waals surface area contributed by atoms with Crippen molar-refractivity contribution in [3.8, 4) is 11.5 Å². The minimum atomic E-state index is -1.21. The van der Waals surface area contributed by atoms with Gasteiger partial charge in [-0.15, -0.1) is 0 Å². The van der Waals surface area contributed by atoms with Gasteiger partial charge in [0.25, 0.3) is 5.91 Å². The van der Waals surface area contributed by atoms with E-state index in [0.717, 1.165) is 16.7 Å². The molecule has 0 radical (unpaired) electrons. The lowest BCUT2D eigenvalue weighted by atomic mass is 9.86. The van der Waals surface area contributed by atoms with Crippen molar-refractivity contribution in [1.82, 2.24) is 16.0 Å². The molecule has 2 rings (SSSR count). The van der Waals surface area contributed by atoms with Crippen LogP contribution in [0.25, 0.3) is 0 Å². The van der Waals surface area contributed by atoms with Gasteiger partial charge in [-0.1, -0.05) is 27.7 Å². The fraction of sp³-hybridized carbons (Fsp3) is 0.615. The van der Waals surface area contributed by atoms with E-state index in [-0.39, 0.29) is 24.1 Å². The van der Waals surface area contributed by atoms with Crippen LogP contribution in [0.2, 0.25) is 0 Å². The number of ether oxygens (including phenoxy) is 1. The van der Waals surface area contributed by atoms with Crippen molar-refractivity contribution in [2.45, 2.75) is 85.9 Å². The molecule has 0 aromatic heterocycles. The van der Waals surface area contributed by atoms with E-state index >= 15 is 0 Å². The summed E-state index contributed by atoms with van der Waals surface area (Å²) in [6.07, 6.45) is 0.890. The number of carbonyl (C=O) groups excluding carboxylic acids is 3. The van der Waals surface area contributed by atoms with Crippen LogP contribution in [0, 0.1) is 32.6 Å². The molecule has 3 atom stereocenters. The van der Waals surface area contributed by atoms with Gasteiger partial charge in [-0.25, -0.2) is 4.79 Å². The van der Waals surface area contributed by atoms with Gasteiger partial charge >= 0.3 is 5.97 Å². The van der Waals surface area contributed by atoms with Gasteiger partial charge in [0.05, 0.1) is 6.54 Å². The highest BCUT2D eigenvalue weighted by Gasteiger charge is 2.41. The third-order valence-electron chi connectivity index (χ3n) is 6.91. The summed E-state index contributed by atoms with van der Waals surface area (Å²) in [6.45, 7) is 13.5. The number of aliphatic carboxylic acids is 1. The Morgan fingerprint density at radius 1 is 0.944 bits per heavy atom. The quantitative estimate of drug-likeness (QED) is 0.343. The number of fused-ring (bicyclic) bond motifs is 1. The average Bonchev–Trinajstić information content (AvgIpc) is 2.80. The van der Waals surface area contributed by atoms with Gasteiger partial charge in [0.15, 0.2) is 5.60 Å². The number of aromatic hydroxyl groups is 1. The third kappa shape index (κ3) is 6.09. The van der Waals surface area contributed by atoms with E-state index in [1.165, 1.54) is 0 Å². The van der Waals surface area contributed by atoms with Crippen molar-refractivity contribution in [2.24, 2.45) is 11.8 Å². The van der Waals surface area contributed by atoms with E-state index in [1.807, 2.05) is 13.8 Å². The Labute approximate surface area is 212 Å². The summed E-state index contributed by atoms with van der Waals surface area (Å²) in [5, 5.41) is 27.3. The zero-order chi connectivity index (χ0) is 27.5. The molecule has 5 N–H and O–H groups in total. The van der Waals surface area contributed by atoms with Crippen molar-refractivity contribution in [1.29, 1.82) is 0 Å². The van der Waals surface area contributed by atoms with Crippen LogP contribution in [0.3, 0.4) is 0 Å². The summed E-state index contributed by atoms with van der Waals surface area (Å²) >= 11 is 0. The van der Waals surface area contributed by atoms with Crippen LogP contribution in [0.4, 0.5) is 0 Å². The number of hydrogen-bond acceptors (Lipinski definition) is 6. The molecule has 1 aromatic carbocycles. The molecule has 3 amide bonds. The Morgan fingerprint density at radius 2 is 1.53 bits per heavy atom. The molecule has 1 unspecified atom stereocenters. The molecule has 200 valence electrons. The normalized spacial score (nSPS) is 18.6. The molecule has 0 spiro atoms. The first kappa shape index (κ1) is 28.9. The fourth-order valence-electron chi connectivity index (χ4n) is 4.27. The van der Waals surface area contributed by atoms with Gasteiger partial charge in [0, 0.05) is 12.0 Å². The first-order chi connectivity index (χ1) is 16.6. The highest BCUT2D eigenvalue weighted by atomic mass is 16.5. The van der Waals surface area contributed by atoms with Crippen molar-refractivity contribution in [3.63, 3.8) is 0 Å². The smallest absolute Gasteiger partial charge is 0.326 e. The number of nitrogens with one attached hydrogen (secondary N) is 3. The summed E-state index contributed by atoms with van der Waals surface area (Å²) in [7, 11) is 0. The molecule has 36 heavy (non-hydrogen) atoms. The van der Waals surface area contributed by atoms with Crippen LogP contribution in [0.15, 0.2) is 0 Å². The molecule has 10 heteroatoms. The second kappa shape index (κ2) is 11.2. The van der Waals surface area contributed by atoms with Gasteiger partial charge in [0.1, 0.15) is 23.6 Å². The van der Waals surface area contributed by atoms with Crippen molar-refractivity contribution in [2.75, 3.05) is 6.54 Å². The molecule has 0 bridgehead atoms. The molecule has 1 aliphatic rings. The number of benzene rings is 1. The predicted molar refractivity (Wildman–Crippen MR) is 134 cm³/mol. The van der Waals surface area contributed by atoms with Crippen LogP contribution in [0.5, 0.6) is 11.5 Å². The minimum absolute atomic E-state index is 0.228. The molecule has 0 aliphatic carbocycles. The summed E-state index contributed by atoms with van der Waals surface area (Å²) in [6, 6.07) is -2.05. The summed E-state index contributed by atoms with van der Waals surface area (Å²) < 4.78 is 6.13. The Bertz CT molecular complexity index is 1050. The number of carboxylic acid groups (broad SMARTS) is 1. The molecule has 0 saturated heterocycles. The van der Waals surface area contributed by atoms with Gasteiger partial charge in [-0.2, -0.15) is 0 Å². The number of phenolic OH excluding ortho intramolecular Hbond substituents is 1. The number of hydrogen-bond donors (Lipinski definition) is 5. The van der Waals surface area contributed by atoms with Crippen molar-refractivity contribution < 1.29 is 34.1 Å². The van der Waals surface area contributed by atoms with Crippen LogP contribution in [-0.4, -0.2) is 58.1 Å². The first-order valence-electron chi connectivity index (χ1n) is 12.2. The molecule has 1 aromatic rings. The number of rotatable bonds is 9. The zero-order valence-corrected chi connectivity index (χ0v) is 22.4. The molecule has 0 fully saturated rings. The standard InChI is InChI=1S/C26H39N3O7/c1-12(2)19(23(32)29-20(13(3)4)24(33)34)28-18(30)11-27-25(35)26(8)10-9-17-16(7)21(31)14(5)15(6)22(17)36-26/h12-13,19-20,31H,9-11H2,1-8H3,(H,27,35)(H,28,30)(H,29,32)(H,33,34)/t19-,20-,26?/m0/s1. The maximum Gasteiger partial charge on any atom is 0.326 e. The zero-order valence-electron chi connectivity index (χ0n) is 22.4. The second-order valence-electron chi connectivity index (χ2n) is 10.4. The van der Waals surface area contributed by atoms with E-state index in [9.17, 15) is 29.4 Å². The summed E-state index contributed by atoms with van der Waals surface area (Å²) in [4.78, 5) is 49.7. The van der Waals surface area contributed by atoms with Crippen molar-refractivity contribution in [3.05, 3.63) is 22.3 Å². The molecule has 10 nitrogen and oxygen atoms in total. The second-order valence-corrected chi connectivity index (χ2v) is 10.4. The van der Waals surface area contributed by atoms with Crippen LogP contribution >= 0.6 is 0 Å². The maximum absolute atomic E-state index is 13.0. The van der Waals surface area contributed by atoms with E-state index < -0.39 is 41.4 Å². The Hall–Kier alpha value is -3.30. The number of carbonyl (C=O) groups is 4. The van der Waals surface area contributed by atoms with Crippen LogP contribution < -0.4 is 20.7 Å². The molecular formula is C26H39N3O7. The van der Waals surface area contributed by atoms with Crippen LogP contribution in [-0.2, 0) is 25.6 Å². The largest absolute Gasteiger partial charge is 0.507 e. The Kier molecular flexibility index (Phi) is 8.98. The lowest BCUT2D eigenvalue weighted by Gasteiger charge is -2.36. The highest BCUT2D eigenvalue weighted by Crippen LogP contribution is 2.43. The lowest BCUT2D eigenvalue weighted by molar-refractivity contribution is -0.144. The van der Waals surface area contributed by atoms with Gasteiger partial charge in [-0.05, 0) is 62.6 Å². The SMILES string of the molecule is Cc1c(C)c2c(c(C)c1O)CCC(C)(C(=O)NCC(=O)N[C@H](C(=O)N[C@H](C(=O)O)C(C)C)C(C)C)O2. The average molecular weight is 506 g/mol. The summed E-state index contributed by atoms with van der Waals surface area (Å²) in [5.74, 6) is -2.66. The van der Waals surface area contributed by atoms with Gasteiger partial charge in [-0.3, -0.25) is 14.4 Å². The lowest BCUT2D eigenvalue weighted by Crippen LogP contribution is -2.57. The van der Waals surface area contributed by atoms with Gasteiger partial charge in [0.2, 0.25) is 11.8 Å². The third-order valence-corrected chi connectivity index (χ3v) is 6.91. The van der Waals surface area contributed by atoms with E-state index in [4.69, 9.17) is 4.74 Å². The van der Waals surface area contributed by atoms with E-state index in [1.54, 1.807) is 41.5 Å². The molecule has 1 heterocycles. The predicted octanol–water partition coefficient (Wildman–Crippen LogP) is 1.88. The number of phenols is 1. The Morgan fingerprint density at radius 3 is 2.06 bits per heavy atom. The molecule has 0 saturated carbocycles.